The lowest BCUT2D eigenvalue weighted by molar-refractivity contribution is 0.187. The molecule has 0 aromatic carbocycles. The van der Waals surface area contributed by atoms with Crippen LogP contribution in [-0.2, 0) is 4.74 Å². The Labute approximate surface area is 93.6 Å². The second kappa shape index (κ2) is 4.98. The molecule has 1 heterocycles. The van der Waals surface area contributed by atoms with Gasteiger partial charge < -0.3 is 4.74 Å². The Morgan fingerprint density at radius 1 is 1.53 bits per heavy atom. The zero-order chi connectivity index (χ0) is 11.4. The van der Waals surface area contributed by atoms with Gasteiger partial charge in [0.15, 0.2) is 0 Å². The predicted octanol–water partition coefficient (Wildman–Crippen LogP) is 3.04. The Morgan fingerprint density at radius 3 is 2.73 bits per heavy atom. The SMILES string of the molecule is COC(=O)Nc1c(Cl)cncc1C(C)C. The van der Waals surface area contributed by atoms with Crippen LogP contribution >= 0.6 is 11.6 Å². The number of amides is 1. The maximum absolute atomic E-state index is 11.1. The number of aromatic nitrogens is 1. The summed E-state index contributed by atoms with van der Waals surface area (Å²) in [4.78, 5) is 15.1. The summed E-state index contributed by atoms with van der Waals surface area (Å²) in [6, 6.07) is 0. The van der Waals surface area contributed by atoms with E-state index >= 15 is 0 Å². The van der Waals surface area contributed by atoms with Crippen LogP contribution in [0.15, 0.2) is 12.4 Å². The number of anilines is 1. The van der Waals surface area contributed by atoms with Gasteiger partial charge in [-0.3, -0.25) is 10.3 Å². The molecule has 0 atom stereocenters. The standard InChI is InChI=1S/C10H13ClN2O2/c1-6(2)7-4-12-5-8(11)9(7)13-10(14)15-3/h4-6H,1-3H3,(H,12,13,14). The molecule has 1 rings (SSSR count). The molecule has 0 aliphatic rings. The van der Waals surface area contributed by atoms with Gasteiger partial charge in [0, 0.05) is 12.4 Å². The van der Waals surface area contributed by atoms with Gasteiger partial charge in [-0.15, -0.1) is 0 Å². The Kier molecular flexibility index (Phi) is 3.91. The number of carbonyl (C=O) groups excluding carboxylic acids is 1. The number of hydrogen-bond donors (Lipinski definition) is 1. The lowest BCUT2D eigenvalue weighted by Gasteiger charge is -2.13. The average molecular weight is 229 g/mol. The van der Waals surface area contributed by atoms with Gasteiger partial charge in [0.2, 0.25) is 0 Å². The molecule has 0 aliphatic heterocycles. The van der Waals surface area contributed by atoms with E-state index in [-0.39, 0.29) is 5.92 Å². The van der Waals surface area contributed by atoms with Gasteiger partial charge in [-0.1, -0.05) is 25.4 Å². The summed E-state index contributed by atoms with van der Waals surface area (Å²) in [5.74, 6) is 0.225. The molecule has 1 aromatic heterocycles. The molecule has 0 saturated heterocycles. The van der Waals surface area contributed by atoms with E-state index in [0.29, 0.717) is 10.7 Å². The molecule has 4 nitrogen and oxygen atoms in total. The summed E-state index contributed by atoms with van der Waals surface area (Å²) >= 11 is 5.94. The van der Waals surface area contributed by atoms with E-state index < -0.39 is 6.09 Å². The summed E-state index contributed by atoms with van der Waals surface area (Å²) < 4.78 is 4.51. The van der Waals surface area contributed by atoms with Crippen molar-refractivity contribution in [2.45, 2.75) is 19.8 Å². The molecule has 0 aliphatic carbocycles. The molecule has 82 valence electrons. The van der Waals surface area contributed by atoms with E-state index in [9.17, 15) is 4.79 Å². The molecular weight excluding hydrogens is 216 g/mol. The maximum Gasteiger partial charge on any atom is 0.411 e. The first-order valence-electron chi connectivity index (χ1n) is 4.54. The Bertz CT molecular complexity index is 366. The van der Waals surface area contributed by atoms with Gasteiger partial charge in [-0.25, -0.2) is 4.79 Å². The van der Waals surface area contributed by atoms with Gasteiger partial charge in [0.1, 0.15) is 0 Å². The van der Waals surface area contributed by atoms with Crippen LogP contribution in [0.1, 0.15) is 25.3 Å². The lowest BCUT2D eigenvalue weighted by atomic mass is 10.0. The minimum absolute atomic E-state index is 0.225. The van der Waals surface area contributed by atoms with E-state index in [0.717, 1.165) is 5.56 Å². The van der Waals surface area contributed by atoms with Crippen LogP contribution in [0, 0.1) is 0 Å². The first-order chi connectivity index (χ1) is 7.06. The van der Waals surface area contributed by atoms with Crippen LogP contribution in [-0.4, -0.2) is 18.2 Å². The van der Waals surface area contributed by atoms with Crippen molar-refractivity contribution in [3.63, 3.8) is 0 Å². The molecule has 1 amide bonds. The van der Waals surface area contributed by atoms with E-state index in [4.69, 9.17) is 11.6 Å². The number of ether oxygens (including phenoxy) is 1. The summed E-state index contributed by atoms with van der Waals surface area (Å²) in [6.45, 7) is 3.99. The third kappa shape index (κ3) is 2.83. The minimum Gasteiger partial charge on any atom is -0.453 e. The number of pyridine rings is 1. The van der Waals surface area contributed by atoms with Crippen molar-refractivity contribution >= 4 is 23.4 Å². The fourth-order valence-electron chi connectivity index (χ4n) is 1.17. The largest absolute Gasteiger partial charge is 0.453 e. The second-order valence-corrected chi connectivity index (χ2v) is 3.76. The van der Waals surface area contributed by atoms with E-state index in [1.165, 1.54) is 13.3 Å². The third-order valence-electron chi connectivity index (χ3n) is 1.96. The quantitative estimate of drug-likeness (QED) is 0.847. The highest BCUT2D eigenvalue weighted by molar-refractivity contribution is 6.33. The monoisotopic (exact) mass is 228 g/mol. The molecule has 0 unspecified atom stereocenters. The predicted molar refractivity (Wildman–Crippen MR) is 59.4 cm³/mol. The van der Waals surface area contributed by atoms with Gasteiger partial charge in [0.05, 0.1) is 17.8 Å². The van der Waals surface area contributed by atoms with E-state index in [1.54, 1.807) is 6.20 Å². The van der Waals surface area contributed by atoms with Crippen LogP contribution in [0.25, 0.3) is 0 Å². The molecule has 0 bridgehead atoms. The molecule has 1 N–H and O–H groups in total. The summed E-state index contributed by atoms with van der Waals surface area (Å²) in [5, 5.41) is 2.99. The summed E-state index contributed by atoms with van der Waals surface area (Å²) in [5.41, 5.74) is 1.45. The zero-order valence-electron chi connectivity index (χ0n) is 8.87. The molecule has 15 heavy (non-hydrogen) atoms. The fourth-order valence-corrected chi connectivity index (χ4v) is 1.39. The highest BCUT2D eigenvalue weighted by atomic mass is 35.5. The van der Waals surface area contributed by atoms with Crippen LogP contribution in [0.5, 0.6) is 0 Å². The Morgan fingerprint density at radius 2 is 2.20 bits per heavy atom. The molecule has 1 aromatic rings. The summed E-state index contributed by atoms with van der Waals surface area (Å²) in [6.07, 6.45) is 2.63. The van der Waals surface area contributed by atoms with E-state index in [2.05, 4.69) is 15.0 Å². The summed E-state index contributed by atoms with van der Waals surface area (Å²) in [7, 11) is 1.31. The molecule has 0 saturated carbocycles. The topological polar surface area (TPSA) is 51.2 Å². The first kappa shape index (κ1) is 11.8. The van der Waals surface area contributed by atoms with Gasteiger partial charge >= 0.3 is 6.09 Å². The highest BCUT2D eigenvalue weighted by Gasteiger charge is 2.13. The van der Waals surface area contributed by atoms with Crippen LogP contribution in [0.2, 0.25) is 5.02 Å². The second-order valence-electron chi connectivity index (χ2n) is 3.36. The van der Waals surface area contributed by atoms with Crippen LogP contribution in [0.4, 0.5) is 10.5 Å². The number of nitrogens with zero attached hydrogens (tertiary/aromatic N) is 1. The van der Waals surface area contributed by atoms with Crippen LogP contribution < -0.4 is 5.32 Å². The van der Waals surface area contributed by atoms with Crippen molar-refractivity contribution < 1.29 is 9.53 Å². The number of halogens is 1. The Hall–Kier alpha value is -1.29. The van der Waals surface area contributed by atoms with Crippen molar-refractivity contribution in [3.8, 4) is 0 Å². The zero-order valence-corrected chi connectivity index (χ0v) is 9.63. The number of rotatable bonds is 2. The Balaban J connectivity index is 3.07. The van der Waals surface area contributed by atoms with Crippen molar-refractivity contribution in [2.24, 2.45) is 0 Å². The van der Waals surface area contributed by atoms with Crippen molar-refractivity contribution in [3.05, 3.63) is 23.0 Å². The van der Waals surface area contributed by atoms with Gasteiger partial charge in [-0.05, 0) is 11.5 Å². The van der Waals surface area contributed by atoms with Crippen molar-refractivity contribution in [1.82, 2.24) is 4.98 Å². The number of nitrogens with one attached hydrogen (secondary N) is 1. The average Bonchev–Trinajstić information content (AvgIpc) is 2.20. The van der Waals surface area contributed by atoms with Gasteiger partial charge in [-0.2, -0.15) is 0 Å². The van der Waals surface area contributed by atoms with Crippen molar-refractivity contribution in [1.29, 1.82) is 0 Å². The minimum atomic E-state index is -0.537. The highest BCUT2D eigenvalue weighted by Crippen LogP contribution is 2.30. The molecule has 0 spiro atoms. The van der Waals surface area contributed by atoms with Crippen LogP contribution in [0.3, 0.4) is 0 Å². The van der Waals surface area contributed by atoms with Crippen molar-refractivity contribution in [2.75, 3.05) is 12.4 Å². The van der Waals surface area contributed by atoms with E-state index in [1.807, 2.05) is 13.8 Å². The maximum atomic E-state index is 11.1. The molecule has 0 radical (unpaired) electrons. The number of carbonyl (C=O) groups is 1. The van der Waals surface area contributed by atoms with Gasteiger partial charge in [0.25, 0.3) is 0 Å². The normalized spacial score (nSPS) is 10.2. The first-order valence-corrected chi connectivity index (χ1v) is 4.92. The fraction of sp³-hybridized carbons (Fsp3) is 0.400. The smallest absolute Gasteiger partial charge is 0.411 e. The number of hydrogen-bond acceptors (Lipinski definition) is 3. The third-order valence-corrected chi connectivity index (χ3v) is 2.25. The molecule has 5 heteroatoms. The molecule has 0 fully saturated rings. The molecular formula is C10H13ClN2O2. The lowest BCUT2D eigenvalue weighted by Crippen LogP contribution is -2.13. The number of methoxy groups -OCH3 is 1.